The molecule has 2 bridgehead atoms. The Morgan fingerprint density at radius 3 is 3.05 bits per heavy atom. The van der Waals surface area contributed by atoms with Crippen LogP contribution in [0.5, 0.6) is 0 Å². The van der Waals surface area contributed by atoms with E-state index in [9.17, 15) is 4.79 Å². The highest BCUT2D eigenvalue weighted by Crippen LogP contribution is 2.18. The van der Waals surface area contributed by atoms with E-state index in [0.29, 0.717) is 0 Å². The van der Waals surface area contributed by atoms with E-state index in [1.54, 1.807) is 6.20 Å². The Bertz CT molecular complexity index is 433. The average Bonchev–Trinajstić information content (AvgIpc) is 2.42. The number of hydrogen-bond acceptors (Lipinski definition) is 3. The molecular weight excluding hydrogens is 238 g/mol. The van der Waals surface area contributed by atoms with Gasteiger partial charge in [-0.15, -0.1) is 0 Å². The first-order valence-electron chi connectivity index (χ1n) is 7.15. The lowest BCUT2D eigenvalue weighted by Gasteiger charge is -2.13. The van der Waals surface area contributed by atoms with Gasteiger partial charge in [-0.05, 0) is 37.0 Å². The lowest BCUT2D eigenvalue weighted by molar-refractivity contribution is -0.124. The number of aromatic nitrogens is 1. The zero-order valence-electron chi connectivity index (χ0n) is 11.6. The van der Waals surface area contributed by atoms with Gasteiger partial charge in [0.1, 0.15) is 0 Å². The standard InChI is InChI=1S/C15H23N3O/c1-11-9-12-6-8-17-14(10-12)13(16)5-3-2-4-7-18-15(11)19/h6,8,10-11,13H,2-5,7,9,16H2,1H3,(H,18,19)/t11-,13-/m0/s1. The fourth-order valence-corrected chi connectivity index (χ4v) is 2.47. The maximum Gasteiger partial charge on any atom is 0.223 e. The van der Waals surface area contributed by atoms with Crippen LogP contribution in [-0.2, 0) is 11.2 Å². The molecule has 1 aliphatic rings. The number of nitrogens with two attached hydrogens (primary N) is 1. The predicted molar refractivity (Wildman–Crippen MR) is 75.5 cm³/mol. The Morgan fingerprint density at radius 1 is 1.37 bits per heavy atom. The molecule has 19 heavy (non-hydrogen) atoms. The molecule has 2 heterocycles. The molecule has 0 aliphatic carbocycles. The average molecular weight is 261 g/mol. The van der Waals surface area contributed by atoms with E-state index in [2.05, 4.69) is 10.3 Å². The van der Waals surface area contributed by atoms with Gasteiger partial charge in [0.05, 0.1) is 5.69 Å². The minimum absolute atomic E-state index is 0.00720. The van der Waals surface area contributed by atoms with E-state index in [0.717, 1.165) is 49.9 Å². The van der Waals surface area contributed by atoms with Gasteiger partial charge in [-0.1, -0.05) is 19.8 Å². The van der Waals surface area contributed by atoms with Crippen molar-refractivity contribution in [2.24, 2.45) is 11.7 Å². The Balaban J connectivity index is 2.16. The number of carbonyl (C=O) groups excluding carboxylic acids is 1. The first-order chi connectivity index (χ1) is 9.16. The number of amides is 1. The number of hydrogen-bond donors (Lipinski definition) is 2. The van der Waals surface area contributed by atoms with Crippen molar-refractivity contribution >= 4 is 5.91 Å². The Labute approximate surface area is 114 Å². The van der Waals surface area contributed by atoms with Crippen molar-refractivity contribution in [3.05, 3.63) is 29.6 Å². The van der Waals surface area contributed by atoms with Crippen molar-refractivity contribution in [2.45, 2.75) is 45.1 Å². The van der Waals surface area contributed by atoms with Crippen LogP contribution in [0.15, 0.2) is 18.3 Å². The first kappa shape index (κ1) is 14.0. The second kappa shape index (κ2) is 6.66. The Kier molecular flexibility index (Phi) is 4.91. The number of nitrogens with zero attached hydrogens (tertiary/aromatic N) is 1. The zero-order chi connectivity index (χ0) is 13.7. The minimum Gasteiger partial charge on any atom is -0.356 e. The molecule has 4 heteroatoms. The molecule has 3 N–H and O–H groups in total. The summed E-state index contributed by atoms with van der Waals surface area (Å²) in [6.45, 7) is 2.74. The summed E-state index contributed by atoms with van der Waals surface area (Å²) in [5.74, 6) is 0.133. The molecule has 1 aromatic heterocycles. The fraction of sp³-hybridized carbons (Fsp3) is 0.600. The van der Waals surface area contributed by atoms with Crippen LogP contribution in [-0.4, -0.2) is 17.4 Å². The summed E-state index contributed by atoms with van der Waals surface area (Å²) in [7, 11) is 0. The molecule has 4 nitrogen and oxygen atoms in total. The van der Waals surface area contributed by atoms with Crippen LogP contribution in [0.4, 0.5) is 0 Å². The number of fused-ring (bicyclic) bond motifs is 2. The lowest BCUT2D eigenvalue weighted by atomic mass is 9.99. The van der Waals surface area contributed by atoms with E-state index in [1.807, 2.05) is 19.1 Å². The largest absolute Gasteiger partial charge is 0.356 e. The highest BCUT2D eigenvalue weighted by Gasteiger charge is 2.15. The first-order valence-corrected chi connectivity index (χ1v) is 7.15. The van der Waals surface area contributed by atoms with E-state index in [-0.39, 0.29) is 17.9 Å². The Hall–Kier alpha value is -1.42. The highest BCUT2D eigenvalue weighted by molar-refractivity contribution is 5.78. The lowest BCUT2D eigenvalue weighted by Crippen LogP contribution is -2.31. The van der Waals surface area contributed by atoms with Gasteiger partial charge in [-0.3, -0.25) is 9.78 Å². The van der Waals surface area contributed by atoms with Gasteiger partial charge in [-0.2, -0.15) is 0 Å². The SMILES string of the molecule is C[C@H]1Cc2ccnc(c2)[C@@H](N)CCCCCNC1=O. The van der Waals surface area contributed by atoms with Crippen molar-refractivity contribution in [2.75, 3.05) is 6.54 Å². The number of rotatable bonds is 0. The zero-order valence-corrected chi connectivity index (χ0v) is 11.6. The summed E-state index contributed by atoms with van der Waals surface area (Å²) in [6, 6.07) is 4.03. The van der Waals surface area contributed by atoms with Crippen molar-refractivity contribution in [3.63, 3.8) is 0 Å². The van der Waals surface area contributed by atoms with Gasteiger partial charge in [0.15, 0.2) is 0 Å². The molecule has 0 fully saturated rings. The third-order valence-electron chi connectivity index (χ3n) is 3.71. The van der Waals surface area contributed by atoms with Crippen LogP contribution >= 0.6 is 0 Å². The third kappa shape index (κ3) is 4.03. The topological polar surface area (TPSA) is 68.0 Å². The molecule has 2 rings (SSSR count). The van der Waals surface area contributed by atoms with Gasteiger partial charge in [0.25, 0.3) is 0 Å². The van der Waals surface area contributed by atoms with Crippen molar-refractivity contribution < 1.29 is 4.79 Å². The van der Waals surface area contributed by atoms with Gasteiger partial charge in [-0.25, -0.2) is 0 Å². The maximum absolute atomic E-state index is 11.9. The molecule has 2 atom stereocenters. The van der Waals surface area contributed by atoms with Crippen LogP contribution in [0.1, 0.15) is 49.9 Å². The molecule has 0 unspecified atom stereocenters. The molecule has 0 aromatic carbocycles. The van der Waals surface area contributed by atoms with Crippen LogP contribution in [0.25, 0.3) is 0 Å². The second-order valence-corrected chi connectivity index (χ2v) is 5.44. The normalized spacial score (nSPS) is 25.7. The molecule has 0 saturated carbocycles. The third-order valence-corrected chi connectivity index (χ3v) is 3.71. The molecular formula is C15H23N3O. The predicted octanol–water partition coefficient (Wildman–Crippen LogP) is 1.95. The summed E-state index contributed by atoms with van der Waals surface area (Å²) in [6.07, 6.45) is 6.71. The maximum atomic E-state index is 11.9. The van der Waals surface area contributed by atoms with E-state index >= 15 is 0 Å². The quantitative estimate of drug-likeness (QED) is 0.750. The molecule has 1 aliphatic heterocycles. The number of carbonyl (C=O) groups is 1. The minimum atomic E-state index is -0.00720. The molecule has 0 radical (unpaired) electrons. The van der Waals surface area contributed by atoms with Crippen LogP contribution in [0.3, 0.4) is 0 Å². The van der Waals surface area contributed by atoms with Gasteiger partial charge >= 0.3 is 0 Å². The van der Waals surface area contributed by atoms with Crippen molar-refractivity contribution in [3.8, 4) is 0 Å². The van der Waals surface area contributed by atoms with Gasteiger partial charge in [0, 0.05) is 24.7 Å². The number of nitrogens with one attached hydrogen (secondary N) is 1. The summed E-state index contributed by atoms with van der Waals surface area (Å²) >= 11 is 0. The van der Waals surface area contributed by atoms with Crippen LogP contribution in [0.2, 0.25) is 0 Å². The fourth-order valence-electron chi connectivity index (χ4n) is 2.47. The Morgan fingerprint density at radius 2 is 2.21 bits per heavy atom. The van der Waals surface area contributed by atoms with Crippen LogP contribution in [0, 0.1) is 5.92 Å². The highest BCUT2D eigenvalue weighted by atomic mass is 16.1. The summed E-state index contributed by atoms with van der Waals surface area (Å²) in [5, 5.41) is 3.00. The van der Waals surface area contributed by atoms with Crippen molar-refractivity contribution in [1.29, 1.82) is 0 Å². The molecule has 0 saturated heterocycles. The summed E-state index contributed by atoms with van der Waals surface area (Å²) < 4.78 is 0. The smallest absolute Gasteiger partial charge is 0.223 e. The van der Waals surface area contributed by atoms with Gasteiger partial charge < -0.3 is 11.1 Å². The second-order valence-electron chi connectivity index (χ2n) is 5.44. The van der Waals surface area contributed by atoms with Crippen LogP contribution < -0.4 is 11.1 Å². The molecule has 1 amide bonds. The summed E-state index contributed by atoms with van der Waals surface area (Å²) in [4.78, 5) is 16.3. The van der Waals surface area contributed by atoms with E-state index in [4.69, 9.17) is 5.73 Å². The monoisotopic (exact) mass is 261 g/mol. The molecule has 0 spiro atoms. The molecule has 1 aromatic rings. The van der Waals surface area contributed by atoms with E-state index < -0.39 is 0 Å². The van der Waals surface area contributed by atoms with E-state index in [1.165, 1.54) is 0 Å². The summed E-state index contributed by atoms with van der Waals surface area (Å²) in [5.41, 5.74) is 8.26. The molecule has 104 valence electrons. The number of pyridine rings is 1. The van der Waals surface area contributed by atoms with Crippen molar-refractivity contribution in [1.82, 2.24) is 10.3 Å². The van der Waals surface area contributed by atoms with Gasteiger partial charge in [0.2, 0.25) is 5.91 Å².